The molecule has 2 rings (SSSR count). The molecule has 1 aromatic heterocycles. The average Bonchev–Trinajstić information content (AvgIpc) is 2.98. The van der Waals surface area contributed by atoms with Crippen LogP contribution in [0, 0.1) is 0 Å². The van der Waals surface area contributed by atoms with Crippen molar-refractivity contribution in [1.82, 2.24) is 10.2 Å². The van der Waals surface area contributed by atoms with E-state index < -0.39 is 17.5 Å². The first-order valence-corrected chi connectivity index (χ1v) is 6.67. The Balaban J connectivity index is 2.15. The number of thiophene rings is 1. The van der Waals surface area contributed by atoms with Crippen LogP contribution in [-0.2, 0) is 19.9 Å². The van der Waals surface area contributed by atoms with E-state index in [-0.39, 0.29) is 18.9 Å². The highest BCUT2D eigenvalue weighted by atomic mass is 32.1. The van der Waals surface area contributed by atoms with Crippen molar-refractivity contribution < 1.29 is 19.1 Å². The van der Waals surface area contributed by atoms with Gasteiger partial charge in [0.05, 0.1) is 13.5 Å². The van der Waals surface area contributed by atoms with Gasteiger partial charge < -0.3 is 10.1 Å². The van der Waals surface area contributed by atoms with E-state index in [0.717, 1.165) is 10.5 Å². The molecule has 1 atom stereocenters. The highest BCUT2D eigenvalue weighted by Crippen LogP contribution is 2.30. The van der Waals surface area contributed by atoms with Crippen molar-refractivity contribution in [3.63, 3.8) is 0 Å². The molecule has 1 aliphatic heterocycles. The minimum absolute atomic E-state index is 0.00459. The summed E-state index contributed by atoms with van der Waals surface area (Å²) in [4.78, 5) is 36.3. The SMILES string of the molecule is COC(=O)CCN1C(=O)N[C@](C)(c2ccsc2)C1=O. The van der Waals surface area contributed by atoms with Gasteiger partial charge in [0, 0.05) is 6.54 Å². The van der Waals surface area contributed by atoms with Crippen LogP contribution in [0.3, 0.4) is 0 Å². The van der Waals surface area contributed by atoms with Crippen molar-refractivity contribution in [3.8, 4) is 0 Å². The Hall–Kier alpha value is -1.89. The smallest absolute Gasteiger partial charge is 0.325 e. The molecule has 0 unspecified atom stereocenters. The number of esters is 1. The summed E-state index contributed by atoms with van der Waals surface area (Å²) in [5.74, 6) is -0.801. The molecule has 1 saturated heterocycles. The van der Waals surface area contributed by atoms with E-state index >= 15 is 0 Å². The van der Waals surface area contributed by atoms with E-state index in [4.69, 9.17) is 0 Å². The lowest BCUT2D eigenvalue weighted by Crippen LogP contribution is -2.40. The first kappa shape index (κ1) is 13.5. The molecule has 0 bridgehead atoms. The molecule has 19 heavy (non-hydrogen) atoms. The average molecular weight is 282 g/mol. The Bertz CT molecular complexity index is 514. The Morgan fingerprint density at radius 3 is 2.84 bits per heavy atom. The van der Waals surface area contributed by atoms with E-state index in [1.165, 1.54) is 18.4 Å². The monoisotopic (exact) mass is 282 g/mol. The zero-order valence-corrected chi connectivity index (χ0v) is 11.5. The molecule has 1 aliphatic rings. The summed E-state index contributed by atoms with van der Waals surface area (Å²) in [6, 6.07) is 1.31. The topological polar surface area (TPSA) is 75.7 Å². The fraction of sp³-hybridized carbons (Fsp3) is 0.417. The molecule has 7 heteroatoms. The lowest BCUT2D eigenvalue weighted by Gasteiger charge is -2.20. The number of methoxy groups -OCH3 is 1. The molecule has 2 heterocycles. The Morgan fingerprint density at radius 2 is 2.26 bits per heavy atom. The van der Waals surface area contributed by atoms with E-state index in [9.17, 15) is 14.4 Å². The van der Waals surface area contributed by atoms with Gasteiger partial charge in [-0.2, -0.15) is 11.3 Å². The summed E-state index contributed by atoms with van der Waals surface area (Å²) < 4.78 is 4.50. The number of nitrogens with zero attached hydrogens (tertiary/aromatic N) is 1. The first-order valence-electron chi connectivity index (χ1n) is 5.72. The molecular formula is C12H14N2O4S. The van der Waals surface area contributed by atoms with Gasteiger partial charge in [-0.15, -0.1) is 0 Å². The summed E-state index contributed by atoms with van der Waals surface area (Å²) in [6.45, 7) is 1.69. The Kier molecular flexibility index (Phi) is 3.57. The highest BCUT2D eigenvalue weighted by Gasteiger charge is 2.49. The number of urea groups is 1. The van der Waals surface area contributed by atoms with Crippen LogP contribution in [0.2, 0.25) is 0 Å². The lowest BCUT2D eigenvalue weighted by molar-refractivity contribution is -0.141. The van der Waals surface area contributed by atoms with Crippen molar-refractivity contribution in [3.05, 3.63) is 22.4 Å². The maximum absolute atomic E-state index is 12.3. The molecule has 1 N–H and O–H groups in total. The number of carbonyl (C=O) groups excluding carboxylic acids is 3. The van der Waals surface area contributed by atoms with Gasteiger partial charge in [0.1, 0.15) is 5.54 Å². The molecule has 3 amide bonds. The van der Waals surface area contributed by atoms with Crippen LogP contribution < -0.4 is 5.32 Å². The van der Waals surface area contributed by atoms with Gasteiger partial charge in [0.2, 0.25) is 0 Å². The minimum atomic E-state index is -1.05. The summed E-state index contributed by atoms with van der Waals surface area (Å²) in [6.07, 6.45) is -0.00459. The molecule has 0 aliphatic carbocycles. The van der Waals surface area contributed by atoms with E-state index in [1.54, 1.807) is 13.0 Å². The third-order valence-electron chi connectivity index (χ3n) is 3.14. The normalized spacial score (nSPS) is 22.5. The number of hydrogen-bond donors (Lipinski definition) is 1. The van der Waals surface area contributed by atoms with E-state index in [0.29, 0.717) is 0 Å². The second-order valence-corrected chi connectivity index (χ2v) is 5.13. The standard InChI is InChI=1S/C12H14N2O4S/c1-12(8-4-6-19-7-8)10(16)14(11(17)13-12)5-3-9(15)18-2/h4,6-7H,3,5H2,1-2H3,(H,13,17)/t12-/m1/s1. The van der Waals surface area contributed by atoms with E-state index in [1.807, 2.05) is 10.8 Å². The second kappa shape index (κ2) is 5.00. The van der Waals surface area contributed by atoms with Gasteiger partial charge in [-0.3, -0.25) is 14.5 Å². The summed E-state index contributed by atoms with van der Waals surface area (Å²) in [5.41, 5.74) is -0.302. The third-order valence-corrected chi connectivity index (χ3v) is 3.82. The number of amides is 3. The molecule has 0 spiro atoms. The predicted octanol–water partition coefficient (Wildman–Crippen LogP) is 1.08. The summed E-state index contributed by atoms with van der Waals surface area (Å²) in [5, 5.41) is 6.33. The quantitative estimate of drug-likeness (QED) is 0.662. The zero-order valence-electron chi connectivity index (χ0n) is 10.6. The fourth-order valence-corrected chi connectivity index (χ4v) is 2.71. The second-order valence-electron chi connectivity index (χ2n) is 4.35. The number of nitrogens with one attached hydrogen (secondary N) is 1. The maximum Gasteiger partial charge on any atom is 0.325 e. The molecular weight excluding hydrogens is 268 g/mol. The van der Waals surface area contributed by atoms with Crippen molar-refractivity contribution in [2.75, 3.05) is 13.7 Å². The van der Waals surface area contributed by atoms with Crippen LogP contribution in [0.15, 0.2) is 16.8 Å². The van der Waals surface area contributed by atoms with E-state index in [2.05, 4.69) is 10.1 Å². The number of rotatable bonds is 4. The van der Waals surface area contributed by atoms with Gasteiger partial charge >= 0.3 is 12.0 Å². The Labute approximate surface area is 114 Å². The minimum Gasteiger partial charge on any atom is -0.469 e. The molecule has 0 radical (unpaired) electrons. The molecule has 102 valence electrons. The maximum atomic E-state index is 12.3. The molecule has 1 fully saturated rings. The number of ether oxygens (including phenoxy) is 1. The van der Waals surface area contributed by atoms with Gasteiger partial charge in [0.15, 0.2) is 0 Å². The van der Waals surface area contributed by atoms with Gasteiger partial charge in [-0.05, 0) is 29.3 Å². The molecule has 6 nitrogen and oxygen atoms in total. The predicted molar refractivity (Wildman–Crippen MR) is 68.5 cm³/mol. The van der Waals surface area contributed by atoms with Crippen LogP contribution in [-0.4, -0.2) is 36.5 Å². The largest absolute Gasteiger partial charge is 0.469 e. The van der Waals surface area contributed by atoms with Gasteiger partial charge in [-0.1, -0.05) is 0 Å². The number of hydrogen-bond acceptors (Lipinski definition) is 5. The highest BCUT2D eigenvalue weighted by molar-refractivity contribution is 7.08. The van der Waals surface area contributed by atoms with Crippen LogP contribution in [0.1, 0.15) is 18.9 Å². The zero-order chi connectivity index (χ0) is 14.0. The molecule has 0 saturated carbocycles. The van der Waals surface area contributed by atoms with Crippen molar-refractivity contribution in [1.29, 1.82) is 0 Å². The molecule has 0 aromatic carbocycles. The summed E-state index contributed by atoms with van der Waals surface area (Å²) in [7, 11) is 1.27. The van der Waals surface area contributed by atoms with Crippen molar-refractivity contribution in [2.45, 2.75) is 18.9 Å². The molecule has 1 aromatic rings. The van der Waals surface area contributed by atoms with Crippen LogP contribution in [0.25, 0.3) is 0 Å². The number of carbonyl (C=O) groups is 3. The van der Waals surface area contributed by atoms with Crippen LogP contribution in [0.5, 0.6) is 0 Å². The third kappa shape index (κ3) is 2.33. The van der Waals surface area contributed by atoms with Crippen LogP contribution >= 0.6 is 11.3 Å². The lowest BCUT2D eigenvalue weighted by atomic mass is 9.95. The van der Waals surface area contributed by atoms with Crippen molar-refractivity contribution >= 4 is 29.2 Å². The Morgan fingerprint density at radius 1 is 1.53 bits per heavy atom. The van der Waals surface area contributed by atoms with Crippen LogP contribution in [0.4, 0.5) is 4.79 Å². The van der Waals surface area contributed by atoms with Gasteiger partial charge in [0.25, 0.3) is 5.91 Å². The summed E-state index contributed by atoms with van der Waals surface area (Å²) >= 11 is 1.46. The number of imide groups is 1. The van der Waals surface area contributed by atoms with Gasteiger partial charge in [-0.25, -0.2) is 4.79 Å². The first-order chi connectivity index (χ1) is 8.99. The fourth-order valence-electron chi connectivity index (χ4n) is 1.95. The van der Waals surface area contributed by atoms with Crippen molar-refractivity contribution in [2.24, 2.45) is 0 Å².